The molecular formula is C13H15N3O. The van der Waals surface area contributed by atoms with Gasteiger partial charge in [-0.05, 0) is 42.2 Å². The number of fused-ring (bicyclic) bond motifs is 1. The summed E-state index contributed by atoms with van der Waals surface area (Å²) >= 11 is 0. The lowest BCUT2D eigenvalue weighted by atomic mass is 10.1. The maximum absolute atomic E-state index is 5.92. The Balaban J connectivity index is 2.06. The molecule has 2 N–H and O–H groups in total. The van der Waals surface area contributed by atoms with Crippen LogP contribution in [0.2, 0.25) is 0 Å². The summed E-state index contributed by atoms with van der Waals surface area (Å²) in [6.07, 6.45) is 3.87. The van der Waals surface area contributed by atoms with Crippen LogP contribution in [0.5, 0.6) is 5.75 Å². The standard InChI is InChI=1S/C13H15N3O/c1-17-10-4-2-9-3-5-12(11(9)8-10)16-13(14)6-7-15-16/h2,4,6-8,12H,3,5,14H2,1H3. The van der Waals surface area contributed by atoms with Crippen LogP contribution in [0.15, 0.2) is 30.5 Å². The number of hydrogen-bond acceptors (Lipinski definition) is 3. The zero-order valence-electron chi connectivity index (χ0n) is 9.76. The molecule has 0 spiro atoms. The number of rotatable bonds is 2. The van der Waals surface area contributed by atoms with E-state index in [1.165, 1.54) is 11.1 Å². The molecule has 1 aromatic heterocycles. The zero-order valence-corrected chi connectivity index (χ0v) is 9.76. The third-order valence-electron chi connectivity index (χ3n) is 3.40. The number of nitrogens with zero attached hydrogens (tertiary/aromatic N) is 2. The topological polar surface area (TPSA) is 53.1 Å². The minimum Gasteiger partial charge on any atom is -0.497 e. The van der Waals surface area contributed by atoms with Gasteiger partial charge in [-0.2, -0.15) is 5.10 Å². The molecular weight excluding hydrogens is 214 g/mol. The van der Waals surface area contributed by atoms with Gasteiger partial charge in [-0.15, -0.1) is 0 Å². The molecule has 0 aliphatic heterocycles. The number of nitrogen functional groups attached to an aromatic ring is 1. The number of ether oxygens (including phenoxy) is 1. The number of methoxy groups -OCH3 is 1. The Labute approximate surface area is 100 Å². The fourth-order valence-corrected chi connectivity index (χ4v) is 2.52. The van der Waals surface area contributed by atoms with Gasteiger partial charge < -0.3 is 10.5 Å². The molecule has 17 heavy (non-hydrogen) atoms. The van der Waals surface area contributed by atoms with Gasteiger partial charge in [-0.1, -0.05) is 6.07 Å². The van der Waals surface area contributed by atoms with E-state index in [9.17, 15) is 0 Å². The van der Waals surface area contributed by atoms with Crippen molar-refractivity contribution >= 4 is 5.82 Å². The van der Waals surface area contributed by atoms with Crippen LogP contribution in [0.4, 0.5) is 5.82 Å². The number of aromatic nitrogens is 2. The van der Waals surface area contributed by atoms with E-state index < -0.39 is 0 Å². The van der Waals surface area contributed by atoms with Crippen LogP contribution < -0.4 is 10.5 Å². The van der Waals surface area contributed by atoms with E-state index >= 15 is 0 Å². The summed E-state index contributed by atoms with van der Waals surface area (Å²) in [6.45, 7) is 0. The third-order valence-corrected chi connectivity index (χ3v) is 3.40. The highest BCUT2D eigenvalue weighted by Crippen LogP contribution is 2.37. The molecule has 88 valence electrons. The molecule has 1 unspecified atom stereocenters. The van der Waals surface area contributed by atoms with Crippen LogP contribution in [-0.4, -0.2) is 16.9 Å². The second kappa shape index (κ2) is 3.80. The molecule has 1 aromatic carbocycles. The number of benzene rings is 1. The van der Waals surface area contributed by atoms with Gasteiger partial charge in [-0.25, -0.2) is 4.68 Å². The van der Waals surface area contributed by atoms with Crippen LogP contribution in [0.3, 0.4) is 0 Å². The molecule has 0 radical (unpaired) electrons. The monoisotopic (exact) mass is 229 g/mol. The average molecular weight is 229 g/mol. The lowest BCUT2D eigenvalue weighted by molar-refractivity contribution is 0.413. The van der Waals surface area contributed by atoms with Crippen LogP contribution in [0, 0.1) is 0 Å². The van der Waals surface area contributed by atoms with Crippen molar-refractivity contribution in [2.45, 2.75) is 18.9 Å². The van der Waals surface area contributed by atoms with Crippen LogP contribution in [0.1, 0.15) is 23.6 Å². The second-order valence-corrected chi connectivity index (χ2v) is 4.32. The molecule has 1 heterocycles. The highest BCUT2D eigenvalue weighted by atomic mass is 16.5. The van der Waals surface area contributed by atoms with E-state index in [0.717, 1.165) is 18.6 Å². The smallest absolute Gasteiger partial charge is 0.122 e. The lowest BCUT2D eigenvalue weighted by Crippen LogP contribution is -2.11. The SMILES string of the molecule is COc1ccc2c(c1)C(n1nccc1N)CC2. The van der Waals surface area contributed by atoms with Crippen molar-refractivity contribution in [2.75, 3.05) is 12.8 Å². The number of aryl methyl sites for hydroxylation is 1. The Kier molecular flexibility index (Phi) is 2.28. The Hall–Kier alpha value is -1.97. The fraction of sp³-hybridized carbons (Fsp3) is 0.308. The molecule has 2 aromatic rings. The summed E-state index contributed by atoms with van der Waals surface area (Å²) in [4.78, 5) is 0. The molecule has 4 heteroatoms. The Bertz CT molecular complexity index is 547. The maximum atomic E-state index is 5.92. The van der Waals surface area contributed by atoms with Crippen molar-refractivity contribution in [3.8, 4) is 5.75 Å². The third kappa shape index (κ3) is 1.56. The number of nitrogens with two attached hydrogens (primary N) is 1. The summed E-state index contributed by atoms with van der Waals surface area (Å²) < 4.78 is 7.17. The first-order chi connectivity index (χ1) is 8.29. The summed E-state index contributed by atoms with van der Waals surface area (Å²) in [6, 6.07) is 8.31. The van der Waals surface area contributed by atoms with Crippen molar-refractivity contribution in [2.24, 2.45) is 0 Å². The molecule has 0 amide bonds. The van der Waals surface area contributed by atoms with E-state index in [-0.39, 0.29) is 6.04 Å². The number of anilines is 1. The van der Waals surface area contributed by atoms with Crippen molar-refractivity contribution in [3.63, 3.8) is 0 Å². The fourth-order valence-electron chi connectivity index (χ4n) is 2.52. The van der Waals surface area contributed by atoms with Gasteiger partial charge in [0.25, 0.3) is 0 Å². The van der Waals surface area contributed by atoms with Crippen molar-refractivity contribution in [1.29, 1.82) is 0 Å². The van der Waals surface area contributed by atoms with E-state index in [4.69, 9.17) is 10.5 Å². The van der Waals surface area contributed by atoms with Crippen molar-refractivity contribution < 1.29 is 4.74 Å². The normalized spacial score (nSPS) is 18.1. The molecule has 1 atom stereocenters. The Morgan fingerprint density at radius 1 is 1.41 bits per heavy atom. The average Bonchev–Trinajstić information content (AvgIpc) is 2.94. The molecule has 4 nitrogen and oxygen atoms in total. The van der Waals surface area contributed by atoms with Crippen LogP contribution >= 0.6 is 0 Å². The predicted octanol–water partition coefficient (Wildman–Crippen LogP) is 2.01. The van der Waals surface area contributed by atoms with Gasteiger partial charge in [0, 0.05) is 0 Å². The Morgan fingerprint density at radius 3 is 3.00 bits per heavy atom. The summed E-state index contributed by atoms with van der Waals surface area (Å²) in [5, 5.41) is 4.30. The molecule has 0 fully saturated rings. The Morgan fingerprint density at radius 2 is 2.29 bits per heavy atom. The first-order valence-electron chi connectivity index (χ1n) is 5.75. The minimum absolute atomic E-state index is 0.245. The van der Waals surface area contributed by atoms with Gasteiger partial charge >= 0.3 is 0 Å². The van der Waals surface area contributed by atoms with Crippen LogP contribution in [0.25, 0.3) is 0 Å². The van der Waals surface area contributed by atoms with E-state index in [2.05, 4.69) is 17.2 Å². The highest BCUT2D eigenvalue weighted by molar-refractivity contribution is 5.42. The van der Waals surface area contributed by atoms with E-state index in [0.29, 0.717) is 5.82 Å². The first kappa shape index (κ1) is 10.2. The summed E-state index contributed by atoms with van der Waals surface area (Å²) in [5.41, 5.74) is 8.56. The van der Waals surface area contributed by atoms with Gasteiger partial charge in [0.2, 0.25) is 0 Å². The maximum Gasteiger partial charge on any atom is 0.122 e. The lowest BCUT2D eigenvalue weighted by Gasteiger charge is -2.14. The molecule has 3 rings (SSSR count). The minimum atomic E-state index is 0.245. The van der Waals surface area contributed by atoms with E-state index in [1.54, 1.807) is 13.3 Å². The van der Waals surface area contributed by atoms with Gasteiger partial charge in [-0.3, -0.25) is 0 Å². The number of hydrogen-bond donors (Lipinski definition) is 1. The molecule has 1 aliphatic carbocycles. The quantitative estimate of drug-likeness (QED) is 0.857. The predicted molar refractivity (Wildman–Crippen MR) is 66.1 cm³/mol. The first-order valence-corrected chi connectivity index (χ1v) is 5.75. The molecule has 0 saturated heterocycles. The highest BCUT2D eigenvalue weighted by Gasteiger charge is 2.25. The van der Waals surface area contributed by atoms with Gasteiger partial charge in [0.05, 0.1) is 19.3 Å². The van der Waals surface area contributed by atoms with E-state index in [1.807, 2.05) is 16.8 Å². The molecule has 0 bridgehead atoms. The van der Waals surface area contributed by atoms with Gasteiger partial charge in [0.15, 0.2) is 0 Å². The van der Waals surface area contributed by atoms with Gasteiger partial charge in [0.1, 0.15) is 11.6 Å². The second-order valence-electron chi connectivity index (χ2n) is 4.32. The van der Waals surface area contributed by atoms with Crippen molar-refractivity contribution in [3.05, 3.63) is 41.6 Å². The largest absolute Gasteiger partial charge is 0.497 e. The molecule has 1 aliphatic rings. The molecule has 0 saturated carbocycles. The summed E-state index contributed by atoms with van der Waals surface area (Å²) in [5.74, 6) is 1.60. The zero-order chi connectivity index (χ0) is 11.8. The van der Waals surface area contributed by atoms with Crippen molar-refractivity contribution in [1.82, 2.24) is 9.78 Å². The summed E-state index contributed by atoms with van der Waals surface area (Å²) in [7, 11) is 1.69. The van der Waals surface area contributed by atoms with Crippen LogP contribution in [-0.2, 0) is 6.42 Å².